The summed E-state index contributed by atoms with van der Waals surface area (Å²) >= 11 is 0. The van der Waals surface area contributed by atoms with E-state index in [1.165, 1.54) is 18.2 Å². The van der Waals surface area contributed by atoms with Gasteiger partial charge in [-0.3, -0.25) is 0 Å². The molecule has 1 aromatic carbocycles. The predicted octanol–water partition coefficient (Wildman–Crippen LogP) is 2.40. The third-order valence-corrected chi connectivity index (χ3v) is 1.57. The molecule has 0 atom stereocenters. The quantitative estimate of drug-likeness (QED) is 0.545. The van der Waals surface area contributed by atoms with E-state index in [0.29, 0.717) is 6.61 Å². The summed E-state index contributed by atoms with van der Waals surface area (Å²) in [5, 5.41) is 0. The van der Waals surface area contributed by atoms with E-state index in [1.807, 2.05) is 0 Å². The zero-order chi connectivity index (χ0) is 10.4. The van der Waals surface area contributed by atoms with Crippen LogP contribution in [0.2, 0.25) is 0 Å². The average molecular weight is 194 g/mol. The van der Waals surface area contributed by atoms with E-state index in [-0.39, 0.29) is 5.82 Å². The van der Waals surface area contributed by atoms with Gasteiger partial charge in [0, 0.05) is 6.08 Å². The van der Waals surface area contributed by atoms with Gasteiger partial charge in [-0.15, -0.1) is 0 Å². The third kappa shape index (κ3) is 3.39. The molecule has 0 saturated heterocycles. The van der Waals surface area contributed by atoms with Gasteiger partial charge in [-0.25, -0.2) is 9.18 Å². The second-order valence-corrected chi connectivity index (χ2v) is 2.64. The van der Waals surface area contributed by atoms with Gasteiger partial charge in [-0.1, -0.05) is 12.1 Å². The predicted molar refractivity (Wildman–Crippen MR) is 52.1 cm³/mol. The molecule has 74 valence electrons. The van der Waals surface area contributed by atoms with Crippen molar-refractivity contribution in [3.63, 3.8) is 0 Å². The van der Waals surface area contributed by atoms with Crippen LogP contribution >= 0.6 is 0 Å². The lowest BCUT2D eigenvalue weighted by Gasteiger charge is -1.95. The van der Waals surface area contributed by atoms with Gasteiger partial charge in [0.05, 0.1) is 6.61 Å². The fourth-order valence-corrected chi connectivity index (χ4v) is 0.929. The monoisotopic (exact) mass is 194 g/mol. The fourth-order valence-electron chi connectivity index (χ4n) is 0.929. The van der Waals surface area contributed by atoms with Gasteiger partial charge >= 0.3 is 5.97 Å². The lowest BCUT2D eigenvalue weighted by atomic mass is 10.2. The first-order chi connectivity index (χ1) is 6.72. The van der Waals surface area contributed by atoms with Gasteiger partial charge in [0.1, 0.15) is 5.82 Å². The highest BCUT2D eigenvalue weighted by atomic mass is 19.1. The van der Waals surface area contributed by atoms with E-state index in [2.05, 4.69) is 4.74 Å². The van der Waals surface area contributed by atoms with Crippen LogP contribution in [-0.2, 0) is 9.53 Å². The Hall–Kier alpha value is -1.64. The Morgan fingerprint density at radius 1 is 1.43 bits per heavy atom. The number of hydrogen-bond acceptors (Lipinski definition) is 2. The molecule has 1 rings (SSSR count). The number of hydrogen-bond donors (Lipinski definition) is 0. The lowest BCUT2D eigenvalue weighted by Crippen LogP contribution is -1.98. The highest BCUT2D eigenvalue weighted by molar-refractivity contribution is 5.86. The lowest BCUT2D eigenvalue weighted by molar-refractivity contribution is -0.137. The van der Waals surface area contributed by atoms with Crippen LogP contribution in [0.15, 0.2) is 30.3 Å². The number of benzene rings is 1. The summed E-state index contributed by atoms with van der Waals surface area (Å²) in [7, 11) is 0. The van der Waals surface area contributed by atoms with Gasteiger partial charge in [0.25, 0.3) is 0 Å². The Kier molecular flexibility index (Phi) is 3.85. The van der Waals surface area contributed by atoms with Crippen LogP contribution in [0.25, 0.3) is 6.08 Å². The van der Waals surface area contributed by atoms with Crippen molar-refractivity contribution in [3.8, 4) is 0 Å². The van der Waals surface area contributed by atoms with Gasteiger partial charge in [-0.05, 0) is 30.7 Å². The molecule has 2 nitrogen and oxygen atoms in total. The first-order valence-corrected chi connectivity index (χ1v) is 4.33. The standard InChI is InChI=1S/C11H11FO2/c1-2-14-11(13)8-5-9-3-6-10(12)7-4-9/h3-8H,2H2,1H3/b8-5+. The van der Waals surface area contributed by atoms with Crippen LogP contribution in [-0.4, -0.2) is 12.6 Å². The highest BCUT2D eigenvalue weighted by Gasteiger charge is 1.93. The van der Waals surface area contributed by atoms with Crippen molar-refractivity contribution in [3.05, 3.63) is 41.7 Å². The van der Waals surface area contributed by atoms with Crippen molar-refractivity contribution in [1.29, 1.82) is 0 Å². The Morgan fingerprint density at radius 2 is 2.07 bits per heavy atom. The maximum Gasteiger partial charge on any atom is 0.330 e. The first-order valence-electron chi connectivity index (χ1n) is 4.33. The van der Waals surface area contributed by atoms with E-state index in [1.54, 1.807) is 25.1 Å². The molecule has 0 heterocycles. The molecule has 3 heteroatoms. The van der Waals surface area contributed by atoms with Crippen LogP contribution in [0.3, 0.4) is 0 Å². The number of esters is 1. The Morgan fingerprint density at radius 3 is 2.64 bits per heavy atom. The smallest absolute Gasteiger partial charge is 0.330 e. The fraction of sp³-hybridized carbons (Fsp3) is 0.182. The van der Waals surface area contributed by atoms with Crippen molar-refractivity contribution >= 4 is 12.0 Å². The van der Waals surface area contributed by atoms with E-state index in [9.17, 15) is 9.18 Å². The normalized spacial score (nSPS) is 10.4. The van der Waals surface area contributed by atoms with Gasteiger partial charge in [0.2, 0.25) is 0 Å². The molecular weight excluding hydrogens is 183 g/mol. The molecule has 0 radical (unpaired) electrons. The molecule has 14 heavy (non-hydrogen) atoms. The van der Waals surface area contributed by atoms with Gasteiger partial charge in [0.15, 0.2) is 0 Å². The van der Waals surface area contributed by atoms with Crippen LogP contribution in [0.4, 0.5) is 4.39 Å². The number of carbonyl (C=O) groups is 1. The minimum atomic E-state index is -0.392. The second-order valence-electron chi connectivity index (χ2n) is 2.64. The number of carbonyl (C=O) groups excluding carboxylic acids is 1. The summed E-state index contributed by atoms with van der Waals surface area (Å²) < 4.78 is 17.2. The first kappa shape index (κ1) is 10.4. The van der Waals surface area contributed by atoms with Gasteiger partial charge in [-0.2, -0.15) is 0 Å². The molecule has 0 aliphatic carbocycles. The van der Waals surface area contributed by atoms with Crippen LogP contribution in [0, 0.1) is 5.82 Å². The molecule has 0 aliphatic rings. The second kappa shape index (κ2) is 5.17. The van der Waals surface area contributed by atoms with Crippen molar-refractivity contribution < 1.29 is 13.9 Å². The molecule has 0 unspecified atom stereocenters. The Labute approximate surface area is 82.0 Å². The summed E-state index contributed by atoms with van der Waals surface area (Å²) in [6, 6.07) is 5.85. The summed E-state index contributed by atoms with van der Waals surface area (Å²) in [6.45, 7) is 2.09. The van der Waals surface area contributed by atoms with Crippen LogP contribution in [0.5, 0.6) is 0 Å². The van der Waals surface area contributed by atoms with E-state index in [0.717, 1.165) is 5.56 Å². The summed E-state index contributed by atoms with van der Waals surface area (Å²) in [6.07, 6.45) is 2.90. The summed E-state index contributed by atoms with van der Waals surface area (Å²) in [5.41, 5.74) is 0.763. The molecule has 0 bridgehead atoms. The molecule has 0 N–H and O–H groups in total. The topological polar surface area (TPSA) is 26.3 Å². The number of rotatable bonds is 3. The van der Waals surface area contributed by atoms with Crippen molar-refractivity contribution in [2.24, 2.45) is 0 Å². The zero-order valence-electron chi connectivity index (χ0n) is 7.87. The van der Waals surface area contributed by atoms with Gasteiger partial charge < -0.3 is 4.74 Å². The highest BCUT2D eigenvalue weighted by Crippen LogP contribution is 2.04. The average Bonchev–Trinajstić information content (AvgIpc) is 2.17. The SMILES string of the molecule is CCOC(=O)/C=C/c1ccc(F)cc1. The maximum absolute atomic E-state index is 12.5. The molecule has 0 aliphatic heterocycles. The number of halogens is 1. The van der Waals surface area contributed by atoms with E-state index < -0.39 is 5.97 Å². The number of ether oxygens (including phenoxy) is 1. The summed E-state index contributed by atoms with van der Waals surface area (Å²) in [5.74, 6) is -0.685. The zero-order valence-corrected chi connectivity index (χ0v) is 7.87. The molecule has 0 aromatic heterocycles. The molecule has 0 fully saturated rings. The molecule has 1 aromatic rings. The van der Waals surface area contributed by atoms with E-state index in [4.69, 9.17) is 0 Å². The molecule has 0 saturated carbocycles. The third-order valence-electron chi connectivity index (χ3n) is 1.57. The maximum atomic E-state index is 12.5. The van der Waals surface area contributed by atoms with Crippen LogP contribution in [0.1, 0.15) is 12.5 Å². The van der Waals surface area contributed by atoms with Crippen molar-refractivity contribution in [1.82, 2.24) is 0 Å². The van der Waals surface area contributed by atoms with Crippen LogP contribution < -0.4 is 0 Å². The largest absolute Gasteiger partial charge is 0.463 e. The minimum Gasteiger partial charge on any atom is -0.463 e. The Bertz CT molecular complexity index is 328. The minimum absolute atomic E-state index is 0.293. The Balaban J connectivity index is 2.60. The summed E-state index contributed by atoms with van der Waals surface area (Å²) in [4.78, 5) is 10.9. The molecular formula is C11H11FO2. The van der Waals surface area contributed by atoms with Crippen molar-refractivity contribution in [2.45, 2.75) is 6.92 Å². The van der Waals surface area contributed by atoms with Crippen molar-refractivity contribution in [2.75, 3.05) is 6.61 Å². The van der Waals surface area contributed by atoms with E-state index >= 15 is 0 Å². The molecule has 0 amide bonds. The molecule has 0 spiro atoms.